The summed E-state index contributed by atoms with van der Waals surface area (Å²) in [5, 5.41) is 12.3. The van der Waals surface area contributed by atoms with Gasteiger partial charge in [-0.25, -0.2) is 0 Å². The highest BCUT2D eigenvalue weighted by Crippen LogP contribution is 2.33. The van der Waals surface area contributed by atoms with E-state index in [-0.39, 0.29) is 0 Å². The van der Waals surface area contributed by atoms with E-state index in [1.54, 1.807) is 11.3 Å². The highest BCUT2D eigenvalue weighted by Gasteiger charge is 2.14. The molecule has 0 fully saturated rings. The highest BCUT2D eigenvalue weighted by molar-refractivity contribution is 9.10. The lowest BCUT2D eigenvalue weighted by molar-refractivity contribution is 0.182. The summed E-state index contributed by atoms with van der Waals surface area (Å²) in [7, 11) is 0. The summed E-state index contributed by atoms with van der Waals surface area (Å²) < 4.78 is 2.14. The third-order valence-corrected chi connectivity index (χ3v) is 5.26. The van der Waals surface area contributed by atoms with E-state index in [1.807, 2.05) is 30.3 Å². The minimum absolute atomic E-state index is 0.522. The van der Waals surface area contributed by atoms with E-state index in [1.165, 1.54) is 10.1 Å². The summed E-state index contributed by atoms with van der Waals surface area (Å²) >= 11 is 11.2. The fraction of sp³-hybridized carbons (Fsp3) is 0.125. The molecule has 3 aromatic rings. The summed E-state index contributed by atoms with van der Waals surface area (Å²) in [6, 6.07) is 16.0. The van der Waals surface area contributed by atoms with E-state index in [9.17, 15) is 5.11 Å². The van der Waals surface area contributed by atoms with Gasteiger partial charge in [-0.1, -0.05) is 51.8 Å². The first-order valence-electron chi connectivity index (χ1n) is 6.24. The molecule has 1 unspecified atom stereocenters. The SMILES string of the molecule is OC(Cc1ccc(Br)cc1Cl)c1cc2ccccc2s1. The molecule has 0 aliphatic heterocycles. The number of hydrogen-bond acceptors (Lipinski definition) is 2. The monoisotopic (exact) mass is 366 g/mol. The zero-order valence-corrected chi connectivity index (χ0v) is 13.7. The van der Waals surface area contributed by atoms with Crippen LogP contribution < -0.4 is 0 Å². The quantitative estimate of drug-likeness (QED) is 0.639. The minimum atomic E-state index is -0.522. The van der Waals surface area contributed by atoms with Gasteiger partial charge in [-0.15, -0.1) is 11.3 Å². The summed E-state index contributed by atoms with van der Waals surface area (Å²) in [6.07, 6.45) is 0.00457. The summed E-state index contributed by atoms with van der Waals surface area (Å²) in [5.74, 6) is 0. The van der Waals surface area contributed by atoms with E-state index < -0.39 is 6.10 Å². The third kappa shape index (κ3) is 2.91. The molecule has 0 saturated heterocycles. The van der Waals surface area contributed by atoms with Gasteiger partial charge in [-0.05, 0) is 35.2 Å². The third-order valence-electron chi connectivity index (χ3n) is 3.20. The smallest absolute Gasteiger partial charge is 0.0923 e. The maximum Gasteiger partial charge on any atom is 0.0923 e. The molecule has 20 heavy (non-hydrogen) atoms. The van der Waals surface area contributed by atoms with Crippen LogP contribution in [0.25, 0.3) is 10.1 Å². The van der Waals surface area contributed by atoms with Crippen LogP contribution in [0.4, 0.5) is 0 Å². The van der Waals surface area contributed by atoms with E-state index in [2.05, 4.69) is 34.1 Å². The Morgan fingerprint density at radius 1 is 1.15 bits per heavy atom. The van der Waals surface area contributed by atoms with E-state index in [4.69, 9.17) is 11.6 Å². The Hall–Kier alpha value is -0.870. The molecule has 4 heteroatoms. The normalized spacial score (nSPS) is 12.8. The van der Waals surface area contributed by atoms with Gasteiger partial charge in [-0.3, -0.25) is 0 Å². The molecule has 0 radical (unpaired) electrons. The minimum Gasteiger partial charge on any atom is -0.387 e. The van der Waals surface area contributed by atoms with Gasteiger partial charge in [0, 0.05) is 25.5 Å². The Bertz CT molecular complexity index is 720. The molecule has 0 aliphatic rings. The second-order valence-corrected chi connectivity index (χ2v) is 7.08. The Kier molecular flexibility index (Phi) is 4.13. The van der Waals surface area contributed by atoms with E-state index in [0.29, 0.717) is 11.4 Å². The van der Waals surface area contributed by atoms with Crippen molar-refractivity contribution < 1.29 is 5.11 Å². The number of benzene rings is 2. The molecule has 0 spiro atoms. The first kappa shape index (κ1) is 14.1. The zero-order chi connectivity index (χ0) is 14.1. The van der Waals surface area contributed by atoms with Crippen molar-refractivity contribution >= 4 is 49.0 Å². The van der Waals surface area contributed by atoms with Crippen molar-refractivity contribution in [1.82, 2.24) is 0 Å². The molecule has 1 atom stereocenters. The number of aliphatic hydroxyl groups excluding tert-OH is 1. The molecule has 0 aliphatic carbocycles. The predicted molar refractivity (Wildman–Crippen MR) is 89.6 cm³/mol. The average molecular weight is 368 g/mol. The number of aliphatic hydroxyl groups is 1. The van der Waals surface area contributed by atoms with Crippen molar-refractivity contribution in [2.45, 2.75) is 12.5 Å². The molecule has 1 N–H and O–H groups in total. The van der Waals surface area contributed by atoms with Crippen molar-refractivity contribution in [2.24, 2.45) is 0 Å². The predicted octanol–water partition coefficient (Wildman–Crippen LogP) is 5.59. The molecule has 0 amide bonds. The van der Waals surface area contributed by atoms with Gasteiger partial charge in [0.2, 0.25) is 0 Å². The number of halogens is 2. The van der Waals surface area contributed by atoms with Gasteiger partial charge in [0.25, 0.3) is 0 Å². The Balaban J connectivity index is 1.86. The van der Waals surface area contributed by atoms with Crippen molar-refractivity contribution in [3.05, 3.63) is 68.5 Å². The van der Waals surface area contributed by atoms with Gasteiger partial charge in [0.1, 0.15) is 0 Å². The molecule has 3 rings (SSSR count). The Morgan fingerprint density at radius 3 is 2.70 bits per heavy atom. The highest BCUT2D eigenvalue weighted by atomic mass is 79.9. The van der Waals surface area contributed by atoms with Gasteiger partial charge in [0.05, 0.1) is 6.10 Å². The van der Waals surface area contributed by atoms with Crippen molar-refractivity contribution in [3.63, 3.8) is 0 Å². The lowest BCUT2D eigenvalue weighted by Gasteiger charge is -2.10. The van der Waals surface area contributed by atoms with Gasteiger partial charge < -0.3 is 5.11 Å². The standard InChI is InChI=1S/C16H12BrClOS/c17-12-6-5-10(13(18)9-12)7-14(19)16-8-11-3-1-2-4-15(11)20-16/h1-6,8-9,14,19H,7H2. The molecule has 1 heterocycles. The van der Waals surface area contributed by atoms with Crippen LogP contribution in [0.15, 0.2) is 53.0 Å². The summed E-state index contributed by atoms with van der Waals surface area (Å²) in [6.45, 7) is 0. The largest absolute Gasteiger partial charge is 0.387 e. The number of thiophene rings is 1. The van der Waals surface area contributed by atoms with Crippen LogP contribution in [0.5, 0.6) is 0 Å². The van der Waals surface area contributed by atoms with Crippen LogP contribution >= 0.6 is 38.9 Å². The molecular formula is C16H12BrClOS. The molecular weight excluding hydrogens is 356 g/mol. The molecule has 0 bridgehead atoms. The molecule has 0 saturated carbocycles. The van der Waals surface area contributed by atoms with Crippen LogP contribution in [0.1, 0.15) is 16.5 Å². The molecule has 2 aromatic carbocycles. The first-order valence-corrected chi connectivity index (χ1v) is 8.23. The Morgan fingerprint density at radius 2 is 1.95 bits per heavy atom. The van der Waals surface area contributed by atoms with E-state index >= 15 is 0 Å². The van der Waals surface area contributed by atoms with Gasteiger partial charge in [0.15, 0.2) is 0 Å². The van der Waals surface area contributed by atoms with Gasteiger partial charge in [-0.2, -0.15) is 0 Å². The van der Waals surface area contributed by atoms with Crippen molar-refractivity contribution in [1.29, 1.82) is 0 Å². The lowest BCUT2D eigenvalue weighted by Crippen LogP contribution is -2.00. The maximum atomic E-state index is 10.4. The van der Waals surface area contributed by atoms with E-state index in [0.717, 1.165) is 14.9 Å². The van der Waals surface area contributed by atoms with Crippen molar-refractivity contribution in [3.8, 4) is 0 Å². The van der Waals surface area contributed by atoms with Crippen LogP contribution in [-0.4, -0.2) is 5.11 Å². The van der Waals surface area contributed by atoms with Crippen LogP contribution in [0.3, 0.4) is 0 Å². The fourth-order valence-electron chi connectivity index (χ4n) is 2.16. The average Bonchev–Trinajstić information content (AvgIpc) is 2.86. The molecule has 1 nitrogen and oxygen atoms in total. The van der Waals surface area contributed by atoms with Crippen LogP contribution in [0, 0.1) is 0 Å². The second-order valence-electron chi connectivity index (χ2n) is 4.64. The summed E-state index contributed by atoms with van der Waals surface area (Å²) in [5.41, 5.74) is 0.958. The fourth-order valence-corrected chi connectivity index (χ4v) is 3.96. The number of hydrogen-bond donors (Lipinski definition) is 1. The van der Waals surface area contributed by atoms with Crippen LogP contribution in [-0.2, 0) is 6.42 Å². The van der Waals surface area contributed by atoms with Crippen LogP contribution in [0.2, 0.25) is 5.02 Å². The number of rotatable bonds is 3. The Labute approximate surface area is 135 Å². The first-order chi connectivity index (χ1) is 9.63. The zero-order valence-electron chi connectivity index (χ0n) is 10.5. The molecule has 1 aromatic heterocycles. The summed E-state index contributed by atoms with van der Waals surface area (Å²) in [4.78, 5) is 0.977. The van der Waals surface area contributed by atoms with Crippen molar-refractivity contribution in [2.75, 3.05) is 0 Å². The second kappa shape index (κ2) is 5.86. The maximum absolute atomic E-state index is 10.4. The number of fused-ring (bicyclic) bond motifs is 1. The topological polar surface area (TPSA) is 20.2 Å². The molecule has 102 valence electrons. The van der Waals surface area contributed by atoms with Gasteiger partial charge >= 0.3 is 0 Å². The lowest BCUT2D eigenvalue weighted by atomic mass is 10.1.